The van der Waals surface area contributed by atoms with Crippen LogP contribution < -0.4 is 10.5 Å². The minimum Gasteiger partial charge on any atom is -0.389 e. The topological polar surface area (TPSA) is 72.2 Å². The molecule has 18 heavy (non-hydrogen) atoms. The summed E-state index contributed by atoms with van der Waals surface area (Å²) in [5, 5.41) is 0. The number of nitrogens with one attached hydrogen (secondary N) is 1. The van der Waals surface area contributed by atoms with Crippen LogP contribution in [0.1, 0.15) is 25.3 Å². The second-order valence-corrected chi connectivity index (χ2v) is 6.94. The van der Waals surface area contributed by atoms with E-state index in [0.717, 1.165) is 12.8 Å². The summed E-state index contributed by atoms with van der Waals surface area (Å²) in [4.78, 5) is 0.516. The molecule has 0 amide bonds. The van der Waals surface area contributed by atoms with Crippen LogP contribution in [0.4, 0.5) is 0 Å². The number of nitrogens with two attached hydrogens (primary N) is 1. The van der Waals surface area contributed by atoms with E-state index in [-0.39, 0.29) is 15.9 Å². The smallest absolute Gasteiger partial charge is 0.240 e. The molecule has 1 fully saturated rings. The van der Waals surface area contributed by atoms with Crippen LogP contribution in [0.25, 0.3) is 0 Å². The maximum Gasteiger partial charge on any atom is 0.240 e. The first kappa shape index (κ1) is 13.5. The van der Waals surface area contributed by atoms with E-state index in [1.54, 1.807) is 12.1 Å². The fourth-order valence-corrected chi connectivity index (χ4v) is 3.48. The normalized spacial score (nSPS) is 23.4. The van der Waals surface area contributed by atoms with Gasteiger partial charge in [-0.2, -0.15) is 0 Å². The first-order valence-electron chi connectivity index (χ1n) is 5.80. The van der Waals surface area contributed by atoms with Gasteiger partial charge in [-0.25, -0.2) is 13.1 Å². The predicted octanol–water partition coefficient (Wildman–Crippen LogP) is 1.40. The van der Waals surface area contributed by atoms with Gasteiger partial charge in [0.1, 0.15) is 4.99 Å². The Morgan fingerprint density at radius 3 is 2.33 bits per heavy atom. The minimum atomic E-state index is -3.42. The molecule has 0 atom stereocenters. The van der Waals surface area contributed by atoms with E-state index in [1.807, 2.05) is 0 Å². The van der Waals surface area contributed by atoms with Crippen molar-refractivity contribution in [3.8, 4) is 0 Å². The van der Waals surface area contributed by atoms with E-state index < -0.39 is 10.0 Å². The molecular weight excluding hydrogens is 268 g/mol. The Morgan fingerprint density at radius 1 is 1.33 bits per heavy atom. The van der Waals surface area contributed by atoms with E-state index >= 15 is 0 Å². The summed E-state index contributed by atoms with van der Waals surface area (Å²) in [6.07, 6.45) is 1.81. The van der Waals surface area contributed by atoms with Gasteiger partial charge in [-0.15, -0.1) is 0 Å². The molecule has 1 aromatic rings. The summed E-state index contributed by atoms with van der Waals surface area (Å²) in [6.45, 7) is 2.11. The lowest BCUT2D eigenvalue weighted by molar-refractivity contribution is 0.270. The number of thiocarbonyl (C=S) groups is 1. The molecule has 1 aromatic carbocycles. The highest BCUT2D eigenvalue weighted by Gasteiger charge is 2.29. The van der Waals surface area contributed by atoms with Gasteiger partial charge < -0.3 is 5.73 Å². The van der Waals surface area contributed by atoms with Crippen LogP contribution in [0.3, 0.4) is 0 Å². The molecule has 3 N–H and O–H groups in total. The quantitative estimate of drug-likeness (QED) is 0.820. The second-order valence-electron chi connectivity index (χ2n) is 4.78. The van der Waals surface area contributed by atoms with E-state index in [9.17, 15) is 8.42 Å². The Labute approximate surface area is 113 Å². The number of benzene rings is 1. The molecule has 0 bridgehead atoms. The van der Waals surface area contributed by atoms with Gasteiger partial charge in [0.25, 0.3) is 0 Å². The van der Waals surface area contributed by atoms with Crippen LogP contribution in [0.5, 0.6) is 0 Å². The number of hydrogen-bond acceptors (Lipinski definition) is 3. The average molecular weight is 284 g/mol. The Bertz CT molecular complexity index is 546. The molecule has 0 saturated heterocycles. The van der Waals surface area contributed by atoms with Crippen molar-refractivity contribution in [2.45, 2.75) is 30.7 Å². The lowest BCUT2D eigenvalue weighted by atomic mass is 9.83. The molecule has 6 heteroatoms. The molecule has 0 radical (unpaired) electrons. The molecule has 0 heterocycles. The van der Waals surface area contributed by atoms with Gasteiger partial charge in [0.05, 0.1) is 4.90 Å². The van der Waals surface area contributed by atoms with Crippen LogP contribution in [0, 0.1) is 5.92 Å². The first-order valence-corrected chi connectivity index (χ1v) is 7.70. The molecule has 98 valence electrons. The zero-order chi connectivity index (χ0) is 13.3. The van der Waals surface area contributed by atoms with Crippen molar-refractivity contribution in [3.63, 3.8) is 0 Å². The molecule has 4 nitrogen and oxygen atoms in total. The molecule has 2 rings (SSSR count). The third-order valence-corrected chi connectivity index (χ3v) is 4.92. The monoisotopic (exact) mass is 284 g/mol. The molecule has 1 aliphatic rings. The third-order valence-electron chi connectivity index (χ3n) is 3.14. The van der Waals surface area contributed by atoms with Gasteiger partial charge in [-0.05, 0) is 30.9 Å². The van der Waals surface area contributed by atoms with Crippen LogP contribution in [-0.2, 0) is 10.0 Å². The van der Waals surface area contributed by atoms with Gasteiger partial charge in [0.2, 0.25) is 10.0 Å². The van der Waals surface area contributed by atoms with Crippen molar-refractivity contribution in [3.05, 3.63) is 29.8 Å². The Balaban J connectivity index is 2.12. The largest absolute Gasteiger partial charge is 0.389 e. The molecule has 1 saturated carbocycles. The lowest BCUT2D eigenvalue weighted by Crippen LogP contribution is -2.43. The second kappa shape index (κ2) is 4.95. The minimum absolute atomic E-state index is 0.0697. The highest BCUT2D eigenvalue weighted by Crippen LogP contribution is 2.27. The first-order chi connectivity index (χ1) is 8.38. The Kier molecular flexibility index (Phi) is 3.70. The summed E-state index contributed by atoms with van der Waals surface area (Å²) in [6, 6.07) is 6.37. The van der Waals surface area contributed by atoms with Crippen molar-refractivity contribution < 1.29 is 8.42 Å². The Hall–Kier alpha value is -0.980. The van der Waals surface area contributed by atoms with Crippen molar-refractivity contribution in [1.29, 1.82) is 0 Å². The standard InChI is InChI=1S/C12H16N2O2S2/c1-8-6-10(7-8)14-18(15,16)11-4-2-9(3-5-11)12(13)17/h2-5,8,10,14H,6-7H2,1H3,(H2,13,17). The lowest BCUT2D eigenvalue weighted by Gasteiger charge is -2.32. The zero-order valence-electron chi connectivity index (χ0n) is 10.1. The maximum atomic E-state index is 12.0. The fraction of sp³-hybridized carbons (Fsp3) is 0.417. The van der Waals surface area contributed by atoms with E-state index in [1.165, 1.54) is 12.1 Å². The molecule has 0 spiro atoms. The number of hydrogen-bond donors (Lipinski definition) is 2. The molecule has 0 aliphatic heterocycles. The highest BCUT2D eigenvalue weighted by atomic mass is 32.2. The van der Waals surface area contributed by atoms with E-state index in [0.29, 0.717) is 11.5 Å². The molecule has 0 unspecified atom stereocenters. The van der Waals surface area contributed by atoms with Crippen molar-refractivity contribution in [1.82, 2.24) is 4.72 Å². The third kappa shape index (κ3) is 2.88. The molecule has 0 aromatic heterocycles. The predicted molar refractivity (Wildman–Crippen MR) is 74.8 cm³/mol. The highest BCUT2D eigenvalue weighted by molar-refractivity contribution is 7.89. The van der Waals surface area contributed by atoms with Crippen LogP contribution in [0.15, 0.2) is 29.2 Å². The van der Waals surface area contributed by atoms with Gasteiger partial charge in [-0.1, -0.05) is 31.3 Å². The fourth-order valence-electron chi connectivity index (χ4n) is 2.08. The average Bonchev–Trinajstić information content (AvgIpc) is 2.27. The Morgan fingerprint density at radius 2 is 1.89 bits per heavy atom. The summed E-state index contributed by atoms with van der Waals surface area (Å²) >= 11 is 4.82. The number of rotatable bonds is 4. The van der Waals surface area contributed by atoms with Crippen LogP contribution in [-0.4, -0.2) is 19.4 Å². The summed E-state index contributed by atoms with van der Waals surface area (Å²) < 4.78 is 26.8. The van der Waals surface area contributed by atoms with Crippen molar-refractivity contribution >= 4 is 27.2 Å². The van der Waals surface area contributed by atoms with Gasteiger partial charge in [0.15, 0.2) is 0 Å². The summed E-state index contributed by atoms with van der Waals surface area (Å²) in [7, 11) is -3.42. The summed E-state index contributed by atoms with van der Waals surface area (Å²) in [5.74, 6) is 0.606. The van der Waals surface area contributed by atoms with E-state index in [2.05, 4.69) is 11.6 Å². The SMILES string of the molecule is CC1CC(NS(=O)(=O)c2ccc(C(N)=S)cc2)C1. The van der Waals surface area contributed by atoms with Gasteiger partial charge >= 0.3 is 0 Å². The molecule has 1 aliphatic carbocycles. The van der Waals surface area contributed by atoms with Gasteiger partial charge in [-0.3, -0.25) is 0 Å². The van der Waals surface area contributed by atoms with Crippen molar-refractivity contribution in [2.75, 3.05) is 0 Å². The molecular formula is C12H16N2O2S2. The zero-order valence-corrected chi connectivity index (χ0v) is 11.7. The summed E-state index contributed by atoms with van der Waals surface area (Å²) in [5.41, 5.74) is 6.13. The number of sulfonamides is 1. The van der Waals surface area contributed by atoms with Crippen LogP contribution >= 0.6 is 12.2 Å². The van der Waals surface area contributed by atoms with Gasteiger partial charge in [0, 0.05) is 11.6 Å². The van der Waals surface area contributed by atoms with E-state index in [4.69, 9.17) is 18.0 Å². The van der Waals surface area contributed by atoms with Crippen LogP contribution in [0.2, 0.25) is 0 Å². The maximum absolute atomic E-state index is 12.0. The van der Waals surface area contributed by atoms with Crippen molar-refractivity contribution in [2.24, 2.45) is 11.7 Å².